The number of carboxylic acid groups (broad SMARTS) is 1. The van der Waals surface area contributed by atoms with Gasteiger partial charge < -0.3 is 14.3 Å². The predicted octanol–water partition coefficient (Wildman–Crippen LogP) is 2.21. The summed E-state index contributed by atoms with van der Waals surface area (Å²) >= 11 is 0. The van der Waals surface area contributed by atoms with Crippen LogP contribution in [0.5, 0.6) is 0 Å². The van der Waals surface area contributed by atoms with Crippen molar-refractivity contribution in [3.8, 4) is 0 Å². The summed E-state index contributed by atoms with van der Waals surface area (Å²) in [5.41, 5.74) is 2.21. The predicted molar refractivity (Wildman–Crippen MR) is 95.7 cm³/mol. The molecule has 1 unspecified atom stereocenters. The molecule has 0 amide bonds. The zero-order valence-corrected chi connectivity index (χ0v) is 14.9. The minimum Gasteiger partial charge on any atom is -0.480 e. The van der Waals surface area contributed by atoms with Crippen LogP contribution in [0.25, 0.3) is 11.0 Å². The molecule has 3 rings (SSSR count). The fraction of sp³-hybridized carbons (Fsp3) is 0.526. The van der Waals surface area contributed by atoms with Gasteiger partial charge in [-0.25, -0.2) is 0 Å². The molecule has 136 valence electrons. The third kappa shape index (κ3) is 4.39. The number of aryl methyl sites for hydroxylation is 1. The van der Waals surface area contributed by atoms with Gasteiger partial charge in [-0.3, -0.25) is 14.6 Å². The fourth-order valence-corrected chi connectivity index (χ4v) is 3.51. The summed E-state index contributed by atoms with van der Waals surface area (Å²) in [5, 5.41) is 10.1. The maximum Gasteiger partial charge on any atom is 0.317 e. The summed E-state index contributed by atoms with van der Waals surface area (Å²) < 4.78 is 11.8. The van der Waals surface area contributed by atoms with E-state index in [-0.39, 0.29) is 12.6 Å². The lowest BCUT2D eigenvalue weighted by molar-refractivity contribution is -0.138. The average molecular weight is 346 g/mol. The standard InChI is InChI=1S/C19H26N2O4/c1-3-17-16(15-6-4-5-7-18(15)25-17)12-21-8-9-24-14(11-21)10-20(2)13-19(22)23/h4-7,14H,3,8-13H2,1-2H3,(H,22,23). The van der Waals surface area contributed by atoms with Crippen LogP contribution in [0.4, 0.5) is 0 Å². The molecule has 6 heteroatoms. The number of ether oxygens (including phenoxy) is 1. The Morgan fingerprint density at radius 1 is 1.40 bits per heavy atom. The molecular weight excluding hydrogens is 320 g/mol. The highest BCUT2D eigenvalue weighted by Gasteiger charge is 2.24. The number of fused-ring (bicyclic) bond motifs is 1. The zero-order chi connectivity index (χ0) is 17.8. The first-order valence-corrected chi connectivity index (χ1v) is 8.80. The number of carbonyl (C=O) groups is 1. The highest BCUT2D eigenvalue weighted by molar-refractivity contribution is 5.82. The molecule has 0 radical (unpaired) electrons. The molecule has 1 saturated heterocycles. The molecule has 1 N–H and O–H groups in total. The molecule has 1 fully saturated rings. The van der Waals surface area contributed by atoms with Crippen LogP contribution in [0.3, 0.4) is 0 Å². The second kappa shape index (κ2) is 7.99. The quantitative estimate of drug-likeness (QED) is 0.829. The van der Waals surface area contributed by atoms with E-state index in [1.165, 1.54) is 10.9 Å². The van der Waals surface area contributed by atoms with Gasteiger partial charge >= 0.3 is 5.97 Å². The van der Waals surface area contributed by atoms with Crippen LogP contribution in [-0.4, -0.2) is 66.8 Å². The number of para-hydroxylation sites is 1. The van der Waals surface area contributed by atoms with Gasteiger partial charge in [-0.05, 0) is 13.1 Å². The number of rotatable bonds is 7. The topological polar surface area (TPSA) is 66.2 Å². The smallest absolute Gasteiger partial charge is 0.317 e. The normalized spacial score (nSPS) is 18.9. The van der Waals surface area contributed by atoms with Crippen LogP contribution in [0.15, 0.2) is 28.7 Å². The summed E-state index contributed by atoms with van der Waals surface area (Å²) in [4.78, 5) is 15.0. The molecule has 2 aromatic rings. The summed E-state index contributed by atoms with van der Waals surface area (Å²) in [5.74, 6) is 0.236. The third-order valence-corrected chi connectivity index (χ3v) is 4.63. The Morgan fingerprint density at radius 2 is 2.20 bits per heavy atom. The second-order valence-corrected chi connectivity index (χ2v) is 6.67. The third-order valence-electron chi connectivity index (χ3n) is 4.63. The van der Waals surface area contributed by atoms with Gasteiger partial charge in [0.1, 0.15) is 11.3 Å². The van der Waals surface area contributed by atoms with Crippen molar-refractivity contribution in [2.45, 2.75) is 26.0 Å². The molecule has 2 heterocycles. The first-order valence-electron chi connectivity index (χ1n) is 8.80. The number of benzene rings is 1. The maximum absolute atomic E-state index is 10.8. The van der Waals surface area contributed by atoms with Crippen LogP contribution in [0, 0.1) is 0 Å². The molecule has 0 aliphatic carbocycles. The van der Waals surface area contributed by atoms with Crippen molar-refractivity contribution in [3.05, 3.63) is 35.6 Å². The molecule has 1 aliphatic heterocycles. The second-order valence-electron chi connectivity index (χ2n) is 6.67. The monoisotopic (exact) mass is 346 g/mol. The van der Waals surface area contributed by atoms with Gasteiger partial charge in [0.25, 0.3) is 0 Å². The summed E-state index contributed by atoms with van der Waals surface area (Å²) in [6, 6.07) is 8.18. The SMILES string of the molecule is CCc1oc2ccccc2c1CN1CCOC(CN(C)CC(=O)O)C1. The molecule has 6 nitrogen and oxygen atoms in total. The lowest BCUT2D eigenvalue weighted by Gasteiger charge is -2.34. The molecular formula is C19H26N2O4. The summed E-state index contributed by atoms with van der Waals surface area (Å²) in [6.07, 6.45) is 0.903. The molecule has 1 atom stereocenters. The van der Waals surface area contributed by atoms with Crippen molar-refractivity contribution in [1.29, 1.82) is 0 Å². The van der Waals surface area contributed by atoms with Crippen molar-refractivity contribution >= 4 is 16.9 Å². The highest BCUT2D eigenvalue weighted by Crippen LogP contribution is 2.28. The van der Waals surface area contributed by atoms with Crippen LogP contribution in [-0.2, 0) is 22.5 Å². The molecule has 0 saturated carbocycles. The molecule has 1 aliphatic rings. The summed E-state index contributed by atoms with van der Waals surface area (Å²) in [7, 11) is 1.81. The Bertz CT molecular complexity index is 727. The largest absolute Gasteiger partial charge is 0.480 e. The number of morpholine rings is 1. The van der Waals surface area contributed by atoms with Crippen molar-refractivity contribution in [1.82, 2.24) is 9.80 Å². The number of carboxylic acids is 1. The van der Waals surface area contributed by atoms with E-state index in [0.717, 1.165) is 37.4 Å². The van der Waals surface area contributed by atoms with Gasteiger partial charge in [-0.2, -0.15) is 0 Å². The minimum absolute atomic E-state index is 0.0290. The van der Waals surface area contributed by atoms with Gasteiger partial charge in [0.2, 0.25) is 0 Å². The van der Waals surface area contributed by atoms with Gasteiger partial charge in [-0.1, -0.05) is 25.1 Å². The Morgan fingerprint density at radius 3 is 2.96 bits per heavy atom. The van der Waals surface area contributed by atoms with Crippen molar-refractivity contribution < 1.29 is 19.1 Å². The van der Waals surface area contributed by atoms with E-state index in [0.29, 0.717) is 13.2 Å². The van der Waals surface area contributed by atoms with E-state index in [9.17, 15) is 4.79 Å². The first-order chi connectivity index (χ1) is 12.1. The Labute approximate surface area is 148 Å². The maximum atomic E-state index is 10.8. The van der Waals surface area contributed by atoms with E-state index in [4.69, 9.17) is 14.3 Å². The van der Waals surface area contributed by atoms with Crippen LogP contribution in [0.2, 0.25) is 0 Å². The lowest BCUT2D eigenvalue weighted by Crippen LogP contribution is -2.47. The molecule has 25 heavy (non-hydrogen) atoms. The fourth-order valence-electron chi connectivity index (χ4n) is 3.51. The van der Waals surface area contributed by atoms with Crippen molar-refractivity contribution in [2.24, 2.45) is 0 Å². The highest BCUT2D eigenvalue weighted by atomic mass is 16.5. The minimum atomic E-state index is -0.812. The molecule has 1 aromatic carbocycles. The van der Waals surface area contributed by atoms with Gasteiger partial charge in [0.05, 0.1) is 19.3 Å². The van der Waals surface area contributed by atoms with E-state index in [2.05, 4.69) is 17.9 Å². The van der Waals surface area contributed by atoms with Gasteiger partial charge in [0.15, 0.2) is 0 Å². The molecule has 0 spiro atoms. The van der Waals surface area contributed by atoms with Crippen LogP contribution >= 0.6 is 0 Å². The number of hydrogen-bond acceptors (Lipinski definition) is 5. The number of hydrogen-bond donors (Lipinski definition) is 1. The van der Waals surface area contributed by atoms with Crippen LogP contribution in [0.1, 0.15) is 18.2 Å². The van der Waals surface area contributed by atoms with E-state index >= 15 is 0 Å². The van der Waals surface area contributed by atoms with Gasteiger partial charge in [-0.15, -0.1) is 0 Å². The Balaban J connectivity index is 1.68. The average Bonchev–Trinajstić information content (AvgIpc) is 2.92. The zero-order valence-electron chi connectivity index (χ0n) is 14.9. The van der Waals surface area contributed by atoms with E-state index in [1.54, 1.807) is 4.90 Å². The van der Waals surface area contributed by atoms with Gasteiger partial charge in [0, 0.05) is 43.5 Å². The lowest BCUT2D eigenvalue weighted by atomic mass is 10.1. The number of aliphatic carboxylic acids is 1. The molecule has 0 bridgehead atoms. The Hall–Kier alpha value is -1.89. The van der Waals surface area contributed by atoms with E-state index < -0.39 is 5.97 Å². The van der Waals surface area contributed by atoms with Crippen molar-refractivity contribution in [2.75, 3.05) is 39.8 Å². The van der Waals surface area contributed by atoms with Crippen molar-refractivity contribution in [3.63, 3.8) is 0 Å². The summed E-state index contributed by atoms with van der Waals surface area (Å²) in [6.45, 7) is 5.95. The Kier molecular flexibility index (Phi) is 5.73. The number of furan rings is 1. The number of nitrogens with zero attached hydrogens (tertiary/aromatic N) is 2. The van der Waals surface area contributed by atoms with Crippen LogP contribution < -0.4 is 0 Å². The van der Waals surface area contributed by atoms with E-state index in [1.807, 2.05) is 25.2 Å². The molecule has 1 aromatic heterocycles. The number of likely N-dealkylation sites (N-methyl/N-ethyl adjacent to an activating group) is 1. The first kappa shape index (κ1) is 17.9.